The number of benzene rings is 2. The van der Waals surface area contributed by atoms with E-state index in [2.05, 4.69) is 4.98 Å². The Labute approximate surface area is 128 Å². The maximum atomic E-state index is 13.0. The van der Waals surface area contributed by atoms with E-state index >= 15 is 0 Å². The van der Waals surface area contributed by atoms with Crippen LogP contribution in [-0.2, 0) is 5.60 Å². The Morgan fingerprint density at radius 3 is 1.73 bits per heavy atom. The standard InChI is InChI=1S/C19H15NO2/c21-18(17-13-7-8-14-20-17)19(22,15-9-3-1-4-10-15)16-11-5-2-6-12-16/h1-14,22H. The van der Waals surface area contributed by atoms with Crippen molar-refractivity contribution in [2.75, 3.05) is 0 Å². The SMILES string of the molecule is O=C(c1ccccn1)C(O)(c1ccccc1)c1ccccc1. The monoisotopic (exact) mass is 289 g/mol. The Bertz CT molecular complexity index is 716. The van der Waals surface area contributed by atoms with E-state index in [1.165, 1.54) is 0 Å². The third kappa shape index (κ3) is 2.43. The van der Waals surface area contributed by atoms with Crippen molar-refractivity contribution in [2.45, 2.75) is 5.60 Å². The summed E-state index contributed by atoms with van der Waals surface area (Å²) >= 11 is 0. The van der Waals surface area contributed by atoms with E-state index in [9.17, 15) is 9.90 Å². The van der Waals surface area contributed by atoms with Crippen LogP contribution in [0.25, 0.3) is 0 Å². The van der Waals surface area contributed by atoms with E-state index in [4.69, 9.17) is 0 Å². The lowest BCUT2D eigenvalue weighted by Crippen LogP contribution is -2.37. The lowest BCUT2D eigenvalue weighted by Gasteiger charge is -2.27. The van der Waals surface area contributed by atoms with Gasteiger partial charge in [0.15, 0.2) is 5.60 Å². The second-order valence-corrected chi connectivity index (χ2v) is 4.99. The fourth-order valence-corrected chi connectivity index (χ4v) is 2.47. The maximum absolute atomic E-state index is 13.0. The summed E-state index contributed by atoms with van der Waals surface area (Å²) in [6.07, 6.45) is 1.55. The van der Waals surface area contributed by atoms with E-state index in [-0.39, 0.29) is 5.69 Å². The molecule has 0 radical (unpaired) electrons. The van der Waals surface area contributed by atoms with Crippen molar-refractivity contribution in [1.82, 2.24) is 4.98 Å². The number of aromatic nitrogens is 1. The average Bonchev–Trinajstić information content (AvgIpc) is 2.62. The molecule has 22 heavy (non-hydrogen) atoms. The van der Waals surface area contributed by atoms with Crippen LogP contribution >= 0.6 is 0 Å². The summed E-state index contributed by atoms with van der Waals surface area (Å²) in [7, 11) is 0. The summed E-state index contributed by atoms with van der Waals surface area (Å²) in [5.74, 6) is -0.439. The normalized spacial score (nSPS) is 11.1. The number of carbonyl (C=O) groups excluding carboxylic acids is 1. The second-order valence-electron chi connectivity index (χ2n) is 4.99. The number of nitrogens with zero attached hydrogens (tertiary/aromatic N) is 1. The first kappa shape index (κ1) is 14.2. The van der Waals surface area contributed by atoms with Gasteiger partial charge in [-0.05, 0) is 23.3 Å². The summed E-state index contributed by atoms with van der Waals surface area (Å²) in [6.45, 7) is 0. The molecule has 0 saturated carbocycles. The number of aliphatic hydroxyl groups is 1. The van der Waals surface area contributed by atoms with Crippen molar-refractivity contribution in [3.63, 3.8) is 0 Å². The molecule has 0 amide bonds. The van der Waals surface area contributed by atoms with Gasteiger partial charge in [-0.2, -0.15) is 0 Å². The van der Waals surface area contributed by atoms with E-state index in [0.29, 0.717) is 11.1 Å². The maximum Gasteiger partial charge on any atom is 0.221 e. The molecule has 0 bridgehead atoms. The third-order valence-electron chi connectivity index (χ3n) is 3.61. The molecule has 3 heteroatoms. The summed E-state index contributed by atoms with van der Waals surface area (Å²) in [5, 5.41) is 11.3. The molecule has 1 heterocycles. The van der Waals surface area contributed by atoms with Crippen molar-refractivity contribution in [3.8, 4) is 0 Å². The number of Topliss-reactive ketones (excluding diaryl/α,β-unsaturated/α-hetero) is 1. The number of hydrogen-bond acceptors (Lipinski definition) is 3. The molecular formula is C19H15NO2. The Kier molecular flexibility index (Phi) is 3.81. The van der Waals surface area contributed by atoms with Crippen molar-refractivity contribution >= 4 is 5.78 Å². The minimum atomic E-state index is -1.75. The highest BCUT2D eigenvalue weighted by Gasteiger charge is 2.40. The zero-order valence-corrected chi connectivity index (χ0v) is 11.9. The van der Waals surface area contributed by atoms with Crippen LogP contribution in [0.4, 0.5) is 0 Å². The van der Waals surface area contributed by atoms with Crippen molar-refractivity contribution in [1.29, 1.82) is 0 Å². The molecule has 0 aliphatic rings. The zero-order chi connectivity index (χ0) is 15.4. The van der Waals surface area contributed by atoms with Crippen LogP contribution in [0.3, 0.4) is 0 Å². The summed E-state index contributed by atoms with van der Waals surface area (Å²) < 4.78 is 0. The van der Waals surface area contributed by atoms with Gasteiger partial charge in [-0.15, -0.1) is 0 Å². The van der Waals surface area contributed by atoms with Crippen LogP contribution in [0.1, 0.15) is 21.6 Å². The molecule has 3 nitrogen and oxygen atoms in total. The fraction of sp³-hybridized carbons (Fsp3) is 0.0526. The van der Waals surface area contributed by atoms with Crippen LogP contribution in [0.5, 0.6) is 0 Å². The topological polar surface area (TPSA) is 50.2 Å². The molecule has 1 N–H and O–H groups in total. The molecule has 0 atom stereocenters. The lowest BCUT2D eigenvalue weighted by molar-refractivity contribution is 0.0482. The van der Waals surface area contributed by atoms with Crippen LogP contribution in [0, 0.1) is 0 Å². The lowest BCUT2D eigenvalue weighted by atomic mass is 9.81. The van der Waals surface area contributed by atoms with Gasteiger partial charge in [-0.1, -0.05) is 66.7 Å². The summed E-state index contributed by atoms with van der Waals surface area (Å²) in [4.78, 5) is 17.0. The number of rotatable bonds is 4. The van der Waals surface area contributed by atoms with Crippen LogP contribution in [0.15, 0.2) is 85.1 Å². The summed E-state index contributed by atoms with van der Waals surface area (Å²) in [5.41, 5.74) is -0.469. The first-order valence-corrected chi connectivity index (χ1v) is 7.02. The number of carbonyl (C=O) groups is 1. The van der Waals surface area contributed by atoms with Gasteiger partial charge in [0.1, 0.15) is 5.69 Å². The van der Waals surface area contributed by atoms with Crippen LogP contribution < -0.4 is 0 Å². The van der Waals surface area contributed by atoms with E-state index < -0.39 is 11.4 Å². The number of pyridine rings is 1. The van der Waals surface area contributed by atoms with Crippen LogP contribution in [-0.4, -0.2) is 15.9 Å². The predicted molar refractivity (Wildman–Crippen MR) is 84.5 cm³/mol. The molecule has 108 valence electrons. The first-order chi connectivity index (χ1) is 10.7. The first-order valence-electron chi connectivity index (χ1n) is 7.02. The van der Waals surface area contributed by atoms with Gasteiger partial charge >= 0.3 is 0 Å². The van der Waals surface area contributed by atoms with Gasteiger partial charge in [0, 0.05) is 6.20 Å². The van der Waals surface area contributed by atoms with Gasteiger partial charge < -0.3 is 5.11 Å². The van der Waals surface area contributed by atoms with Gasteiger partial charge in [0.05, 0.1) is 0 Å². The Hall–Kier alpha value is -2.78. The minimum absolute atomic E-state index is 0.234. The van der Waals surface area contributed by atoms with Gasteiger partial charge in [0.2, 0.25) is 5.78 Å². The molecule has 0 aliphatic carbocycles. The highest BCUT2D eigenvalue weighted by atomic mass is 16.3. The smallest absolute Gasteiger partial charge is 0.221 e. The highest BCUT2D eigenvalue weighted by Crippen LogP contribution is 2.32. The molecule has 0 unspecified atom stereocenters. The van der Waals surface area contributed by atoms with E-state index in [1.807, 2.05) is 12.1 Å². The van der Waals surface area contributed by atoms with Gasteiger partial charge in [-0.3, -0.25) is 9.78 Å². The van der Waals surface area contributed by atoms with Crippen molar-refractivity contribution in [3.05, 3.63) is 102 Å². The average molecular weight is 289 g/mol. The number of hydrogen-bond donors (Lipinski definition) is 1. The highest BCUT2D eigenvalue weighted by molar-refractivity contribution is 6.03. The molecule has 3 rings (SSSR count). The molecule has 0 saturated heterocycles. The van der Waals surface area contributed by atoms with Crippen LogP contribution in [0.2, 0.25) is 0 Å². The van der Waals surface area contributed by atoms with Crippen molar-refractivity contribution < 1.29 is 9.90 Å². The van der Waals surface area contributed by atoms with E-state index in [0.717, 1.165) is 0 Å². The third-order valence-corrected chi connectivity index (χ3v) is 3.61. The zero-order valence-electron chi connectivity index (χ0n) is 11.9. The molecule has 0 fully saturated rings. The predicted octanol–water partition coefficient (Wildman–Crippen LogP) is 3.20. The minimum Gasteiger partial charge on any atom is -0.373 e. The summed E-state index contributed by atoms with van der Waals surface area (Å²) in [6, 6.07) is 23.0. The number of ketones is 1. The molecule has 0 spiro atoms. The quantitative estimate of drug-likeness (QED) is 0.750. The molecule has 3 aromatic rings. The second kappa shape index (κ2) is 5.92. The van der Waals surface area contributed by atoms with Crippen molar-refractivity contribution in [2.24, 2.45) is 0 Å². The van der Waals surface area contributed by atoms with Gasteiger partial charge in [0.25, 0.3) is 0 Å². The molecule has 2 aromatic carbocycles. The fourth-order valence-electron chi connectivity index (χ4n) is 2.47. The molecule has 1 aromatic heterocycles. The Morgan fingerprint density at radius 1 is 0.773 bits per heavy atom. The molecular weight excluding hydrogens is 274 g/mol. The van der Waals surface area contributed by atoms with E-state index in [1.54, 1.807) is 72.9 Å². The Morgan fingerprint density at radius 2 is 1.27 bits per heavy atom. The Balaban J connectivity index is 2.18. The molecule has 0 aliphatic heterocycles. The largest absolute Gasteiger partial charge is 0.373 e. The van der Waals surface area contributed by atoms with Gasteiger partial charge in [-0.25, -0.2) is 0 Å².